The molecule has 2 nitrogen and oxygen atoms in total. The molecule has 0 spiro atoms. The Balaban J connectivity index is 1.19. The van der Waals surface area contributed by atoms with Gasteiger partial charge in [0.25, 0.3) is 0 Å². The molecule has 214 valence electrons. The van der Waals surface area contributed by atoms with Crippen molar-refractivity contribution in [3.8, 4) is 16.8 Å². The predicted octanol–water partition coefficient (Wildman–Crippen LogP) is 13.1. The van der Waals surface area contributed by atoms with Crippen molar-refractivity contribution in [2.24, 2.45) is 0 Å². The predicted molar refractivity (Wildman–Crippen MR) is 199 cm³/mol. The number of thiophene rings is 2. The maximum absolute atomic E-state index is 6.49. The Morgan fingerprint density at radius 3 is 1.98 bits per heavy atom. The zero-order chi connectivity index (χ0) is 29.9. The van der Waals surface area contributed by atoms with E-state index in [1.165, 1.54) is 73.3 Å². The summed E-state index contributed by atoms with van der Waals surface area (Å²) in [5, 5.41) is 10.1. The van der Waals surface area contributed by atoms with E-state index in [1.807, 2.05) is 22.7 Å². The average Bonchev–Trinajstić information content (AvgIpc) is 3.85. The Labute approximate surface area is 270 Å². The van der Waals surface area contributed by atoms with Crippen LogP contribution in [0.4, 0.5) is 0 Å². The lowest BCUT2D eigenvalue weighted by atomic mass is 9.98. The molecule has 0 aliphatic heterocycles. The van der Waals surface area contributed by atoms with Crippen LogP contribution in [0.1, 0.15) is 0 Å². The largest absolute Gasteiger partial charge is 0.456 e. The van der Waals surface area contributed by atoms with Gasteiger partial charge in [0.05, 0.1) is 11.0 Å². The molecule has 0 aliphatic carbocycles. The van der Waals surface area contributed by atoms with Gasteiger partial charge >= 0.3 is 0 Å². The molecule has 4 heterocycles. The van der Waals surface area contributed by atoms with E-state index in [1.54, 1.807) is 0 Å². The van der Waals surface area contributed by atoms with E-state index in [-0.39, 0.29) is 0 Å². The summed E-state index contributed by atoms with van der Waals surface area (Å²) in [5.41, 5.74) is 7.78. The summed E-state index contributed by atoms with van der Waals surface area (Å²) in [6.45, 7) is 0. The highest BCUT2D eigenvalue weighted by Crippen LogP contribution is 2.43. The average molecular weight is 622 g/mol. The molecule has 7 aromatic carbocycles. The SMILES string of the molecule is c1cc(-c2ccc3sc4ccccc4c3c2)c2c(c1)oc1ccc(-n3c4ccccc4c4cc5sc6ccccc6c5cc43)cc12. The van der Waals surface area contributed by atoms with E-state index in [2.05, 4.69) is 144 Å². The molecular formula is C42H23NOS2. The number of furan rings is 1. The van der Waals surface area contributed by atoms with E-state index in [9.17, 15) is 0 Å². The van der Waals surface area contributed by atoms with E-state index >= 15 is 0 Å². The lowest BCUT2D eigenvalue weighted by Gasteiger charge is -2.09. The van der Waals surface area contributed by atoms with Gasteiger partial charge in [-0.2, -0.15) is 0 Å². The van der Waals surface area contributed by atoms with Gasteiger partial charge < -0.3 is 8.98 Å². The van der Waals surface area contributed by atoms with Gasteiger partial charge in [-0.15, -0.1) is 22.7 Å². The van der Waals surface area contributed by atoms with Gasteiger partial charge in [-0.05, 0) is 77.9 Å². The second-order valence-electron chi connectivity index (χ2n) is 12.1. The molecule has 46 heavy (non-hydrogen) atoms. The highest BCUT2D eigenvalue weighted by molar-refractivity contribution is 7.26. The van der Waals surface area contributed by atoms with Crippen LogP contribution in [0.2, 0.25) is 0 Å². The fourth-order valence-electron chi connectivity index (χ4n) is 7.55. The Morgan fingerprint density at radius 2 is 1.13 bits per heavy atom. The third kappa shape index (κ3) is 3.35. The van der Waals surface area contributed by atoms with E-state index < -0.39 is 0 Å². The summed E-state index contributed by atoms with van der Waals surface area (Å²) in [4.78, 5) is 0. The monoisotopic (exact) mass is 621 g/mol. The smallest absolute Gasteiger partial charge is 0.136 e. The summed E-state index contributed by atoms with van der Waals surface area (Å²) in [7, 11) is 0. The highest BCUT2D eigenvalue weighted by atomic mass is 32.1. The van der Waals surface area contributed by atoms with Crippen LogP contribution in [0.5, 0.6) is 0 Å². The third-order valence-electron chi connectivity index (χ3n) is 9.60. The van der Waals surface area contributed by atoms with Crippen LogP contribution in [0.25, 0.3) is 101 Å². The van der Waals surface area contributed by atoms with Crippen molar-refractivity contribution in [2.75, 3.05) is 0 Å². The van der Waals surface area contributed by atoms with Crippen LogP contribution < -0.4 is 0 Å². The third-order valence-corrected chi connectivity index (χ3v) is 11.9. The number of rotatable bonds is 2. The quantitative estimate of drug-likeness (QED) is 0.188. The number of para-hydroxylation sites is 1. The van der Waals surface area contributed by atoms with Crippen LogP contribution in [0.15, 0.2) is 144 Å². The van der Waals surface area contributed by atoms with Crippen LogP contribution >= 0.6 is 22.7 Å². The Bertz CT molecular complexity index is 3040. The lowest BCUT2D eigenvalue weighted by Crippen LogP contribution is -1.93. The minimum Gasteiger partial charge on any atom is -0.456 e. The van der Waals surface area contributed by atoms with Crippen molar-refractivity contribution < 1.29 is 4.42 Å². The van der Waals surface area contributed by atoms with Gasteiger partial charge in [0.1, 0.15) is 11.2 Å². The number of aromatic nitrogens is 1. The molecule has 0 aliphatic rings. The first-order valence-electron chi connectivity index (χ1n) is 15.5. The number of benzene rings is 7. The van der Waals surface area contributed by atoms with Crippen LogP contribution in [0.3, 0.4) is 0 Å². The molecular weight excluding hydrogens is 599 g/mol. The van der Waals surface area contributed by atoms with Gasteiger partial charge in [0, 0.05) is 67.6 Å². The zero-order valence-corrected chi connectivity index (χ0v) is 26.1. The van der Waals surface area contributed by atoms with E-state index in [4.69, 9.17) is 4.42 Å². The molecule has 4 aromatic heterocycles. The zero-order valence-electron chi connectivity index (χ0n) is 24.5. The van der Waals surface area contributed by atoms with Gasteiger partial charge in [-0.25, -0.2) is 0 Å². The molecule has 0 fully saturated rings. The number of nitrogens with zero attached hydrogens (tertiary/aromatic N) is 1. The van der Waals surface area contributed by atoms with Gasteiger partial charge in [-0.1, -0.05) is 72.8 Å². The number of hydrogen-bond acceptors (Lipinski definition) is 3. The van der Waals surface area contributed by atoms with Crippen molar-refractivity contribution in [1.29, 1.82) is 0 Å². The molecule has 0 bridgehead atoms. The highest BCUT2D eigenvalue weighted by Gasteiger charge is 2.18. The van der Waals surface area contributed by atoms with Crippen LogP contribution in [-0.2, 0) is 0 Å². The van der Waals surface area contributed by atoms with Gasteiger partial charge in [-0.3, -0.25) is 0 Å². The van der Waals surface area contributed by atoms with E-state index in [0.717, 1.165) is 27.6 Å². The van der Waals surface area contributed by atoms with Gasteiger partial charge in [0.2, 0.25) is 0 Å². The van der Waals surface area contributed by atoms with Crippen molar-refractivity contribution in [1.82, 2.24) is 4.57 Å². The van der Waals surface area contributed by atoms with Crippen LogP contribution in [0, 0.1) is 0 Å². The molecule has 0 N–H and O–H groups in total. The first kappa shape index (κ1) is 24.8. The fraction of sp³-hybridized carbons (Fsp3) is 0. The second-order valence-corrected chi connectivity index (χ2v) is 14.3. The molecule has 11 aromatic rings. The second kappa shape index (κ2) is 9.07. The number of fused-ring (bicyclic) bond motifs is 12. The summed E-state index contributed by atoms with van der Waals surface area (Å²) in [6, 6.07) is 51.0. The Morgan fingerprint density at radius 1 is 0.413 bits per heavy atom. The van der Waals surface area contributed by atoms with Crippen molar-refractivity contribution in [3.63, 3.8) is 0 Å². The maximum atomic E-state index is 6.49. The van der Waals surface area contributed by atoms with E-state index in [0.29, 0.717) is 0 Å². The maximum Gasteiger partial charge on any atom is 0.136 e. The van der Waals surface area contributed by atoms with Crippen LogP contribution in [-0.4, -0.2) is 4.57 Å². The summed E-state index contributed by atoms with van der Waals surface area (Å²) < 4.78 is 14.2. The molecule has 11 rings (SSSR count). The lowest BCUT2D eigenvalue weighted by molar-refractivity contribution is 0.669. The molecule has 0 radical (unpaired) electrons. The topological polar surface area (TPSA) is 18.1 Å². The summed E-state index contributed by atoms with van der Waals surface area (Å²) in [5.74, 6) is 0. The minimum atomic E-state index is 0.903. The molecule has 4 heteroatoms. The molecule has 0 saturated heterocycles. The Kier molecular flexibility index (Phi) is 4.90. The van der Waals surface area contributed by atoms with Crippen molar-refractivity contribution in [3.05, 3.63) is 140 Å². The molecule has 0 unspecified atom stereocenters. The normalized spacial score (nSPS) is 12.3. The summed E-state index contributed by atoms with van der Waals surface area (Å²) >= 11 is 3.73. The van der Waals surface area contributed by atoms with Crippen molar-refractivity contribution >= 4 is 107 Å². The molecule has 0 saturated carbocycles. The summed E-state index contributed by atoms with van der Waals surface area (Å²) in [6.07, 6.45) is 0. The first-order chi connectivity index (χ1) is 22.8. The van der Waals surface area contributed by atoms with Gasteiger partial charge in [0.15, 0.2) is 0 Å². The molecule has 0 amide bonds. The fourth-order valence-corrected chi connectivity index (χ4v) is 9.77. The minimum absolute atomic E-state index is 0.903. The Hall–Kier alpha value is -5.42. The first-order valence-corrected chi connectivity index (χ1v) is 17.1. The number of hydrogen-bond donors (Lipinski definition) is 0. The standard InChI is InChI=1S/C42H23NOS2/c1-4-12-34-27(8-1)30-23-41-32(29-10-3-6-15-39(29)46-41)22-35(30)43(34)25-17-18-36-33(21-25)42-26(11-7-13-37(42)44-36)24-16-19-40-31(20-24)28-9-2-5-14-38(28)45-40/h1-23H. The van der Waals surface area contributed by atoms with Crippen molar-refractivity contribution in [2.45, 2.75) is 0 Å². The molecule has 0 atom stereocenters.